The number of benzene rings is 3. The first-order valence-electron chi connectivity index (χ1n) is 10.8. The van der Waals surface area contributed by atoms with Crippen LogP contribution in [0.2, 0.25) is 0 Å². The second-order valence-corrected chi connectivity index (χ2v) is 10.8. The molecule has 3 aromatic carbocycles. The number of carbonyl (C=O) groups is 1. The molecule has 0 unspecified atom stereocenters. The Balaban J connectivity index is 1.64. The van der Waals surface area contributed by atoms with Crippen LogP contribution in [-0.2, 0) is 14.8 Å². The average molecular weight is 593 g/mol. The van der Waals surface area contributed by atoms with Crippen LogP contribution in [0.5, 0.6) is 5.75 Å². The van der Waals surface area contributed by atoms with Crippen LogP contribution in [0.15, 0.2) is 70.0 Å². The lowest BCUT2D eigenvalue weighted by atomic mass is 10.1. The maximum absolute atomic E-state index is 12.8. The zero-order chi connectivity index (χ0) is 26.3. The lowest BCUT2D eigenvalue weighted by molar-refractivity contribution is 0.0969. The maximum Gasteiger partial charge on any atom is 0.261 e. The number of methoxy groups -OCH3 is 1. The molecule has 0 saturated carbocycles. The molecule has 0 spiro atoms. The molecule has 0 fully saturated rings. The van der Waals surface area contributed by atoms with Crippen LogP contribution in [0.4, 0.5) is 11.4 Å². The minimum Gasteiger partial charge on any atom is -0.490 e. The summed E-state index contributed by atoms with van der Waals surface area (Å²) in [6, 6.07) is 16.5. The summed E-state index contributed by atoms with van der Waals surface area (Å²) >= 11 is 8.62. The van der Waals surface area contributed by atoms with Gasteiger partial charge in [0.05, 0.1) is 17.1 Å². The Kier molecular flexibility index (Phi) is 9.43. The Morgan fingerprint density at radius 3 is 2.31 bits per heavy atom. The normalized spacial score (nSPS) is 11.0. The number of carbonyl (C=O) groups excluding carboxylic acids is 1. The SMILES string of the molecule is COCCOc1ccc(Br)cc1C(=O)NC(=S)Nc1ccc(S(=O)(=O)Nc2ccc(C)c(C)c2)cc1. The van der Waals surface area contributed by atoms with Crippen molar-refractivity contribution in [1.29, 1.82) is 0 Å². The zero-order valence-corrected chi connectivity index (χ0v) is 23.1. The van der Waals surface area contributed by atoms with Crippen molar-refractivity contribution >= 4 is 60.6 Å². The number of aryl methyl sites for hydroxylation is 2. The van der Waals surface area contributed by atoms with Crippen LogP contribution in [0, 0.1) is 13.8 Å². The molecule has 0 atom stereocenters. The van der Waals surface area contributed by atoms with E-state index in [1.165, 1.54) is 12.1 Å². The molecule has 0 radical (unpaired) electrons. The number of ether oxygens (including phenoxy) is 2. The number of hydrogen-bond acceptors (Lipinski definition) is 6. The molecule has 0 aliphatic heterocycles. The first kappa shape index (κ1) is 27.6. The van der Waals surface area contributed by atoms with Gasteiger partial charge in [-0.2, -0.15) is 0 Å². The second kappa shape index (κ2) is 12.3. The van der Waals surface area contributed by atoms with Gasteiger partial charge in [-0.25, -0.2) is 8.42 Å². The van der Waals surface area contributed by atoms with Crippen molar-refractivity contribution < 1.29 is 22.7 Å². The lowest BCUT2D eigenvalue weighted by Crippen LogP contribution is -2.34. The third-order valence-electron chi connectivity index (χ3n) is 5.14. The van der Waals surface area contributed by atoms with Gasteiger partial charge in [0.2, 0.25) is 0 Å². The van der Waals surface area contributed by atoms with E-state index in [1.807, 2.05) is 19.9 Å². The summed E-state index contributed by atoms with van der Waals surface area (Å²) in [6.45, 7) is 4.54. The smallest absolute Gasteiger partial charge is 0.261 e. The van der Waals surface area contributed by atoms with E-state index < -0.39 is 15.9 Å². The first-order chi connectivity index (χ1) is 17.1. The number of hydrogen-bond donors (Lipinski definition) is 3. The average Bonchev–Trinajstić information content (AvgIpc) is 2.82. The maximum atomic E-state index is 12.8. The lowest BCUT2D eigenvalue weighted by Gasteiger charge is -2.14. The third kappa shape index (κ3) is 7.50. The molecule has 0 aliphatic carbocycles. The monoisotopic (exact) mass is 591 g/mol. The van der Waals surface area contributed by atoms with E-state index in [0.717, 1.165) is 11.1 Å². The van der Waals surface area contributed by atoms with E-state index in [0.29, 0.717) is 33.8 Å². The number of rotatable bonds is 9. The van der Waals surface area contributed by atoms with E-state index in [2.05, 4.69) is 31.3 Å². The van der Waals surface area contributed by atoms with Gasteiger partial charge in [0.1, 0.15) is 12.4 Å². The van der Waals surface area contributed by atoms with E-state index >= 15 is 0 Å². The zero-order valence-electron chi connectivity index (χ0n) is 19.9. The highest BCUT2D eigenvalue weighted by Gasteiger charge is 2.17. The van der Waals surface area contributed by atoms with E-state index in [-0.39, 0.29) is 16.6 Å². The fourth-order valence-electron chi connectivity index (χ4n) is 3.11. The summed E-state index contributed by atoms with van der Waals surface area (Å²) in [6.07, 6.45) is 0. The van der Waals surface area contributed by atoms with Crippen LogP contribution in [-0.4, -0.2) is 39.8 Å². The number of sulfonamides is 1. The highest BCUT2D eigenvalue weighted by molar-refractivity contribution is 9.10. The number of thiocarbonyl (C=S) groups is 1. The van der Waals surface area contributed by atoms with Gasteiger partial charge in [-0.3, -0.25) is 14.8 Å². The van der Waals surface area contributed by atoms with Crippen molar-refractivity contribution in [3.05, 3.63) is 81.8 Å². The molecule has 8 nitrogen and oxygen atoms in total. The van der Waals surface area contributed by atoms with Gasteiger partial charge in [-0.15, -0.1) is 0 Å². The van der Waals surface area contributed by atoms with E-state index in [4.69, 9.17) is 21.7 Å². The summed E-state index contributed by atoms with van der Waals surface area (Å²) in [7, 11) is -2.21. The number of halogens is 1. The topological polar surface area (TPSA) is 106 Å². The Labute approximate surface area is 224 Å². The molecular weight excluding hydrogens is 566 g/mol. The Morgan fingerprint density at radius 2 is 1.64 bits per heavy atom. The van der Waals surface area contributed by atoms with Crippen molar-refractivity contribution in [3.8, 4) is 5.75 Å². The van der Waals surface area contributed by atoms with Crippen molar-refractivity contribution in [2.45, 2.75) is 18.7 Å². The molecular formula is C25H26BrN3O5S2. The molecule has 11 heteroatoms. The van der Waals surface area contributed by atoms with Gasteiger partial charge in [0.15, 0.2) is 5.11 Å². The molecule has 3 rings (SSSR count). The minimum atomic E-state index is -3.77. The molecule has 3 N–H and O–H groups in total. The van der Waals surface area contributed by atoms with Gasteiger partial charge in [-0.05, 0) is 91.8 Å². The Bertz CT molecular complexity index is 1360. The molecule has 0 aliphatic rings. The van der Waals surface area contributed by atoms with Crippen molar-refractivity contribution in [2.75, 3.05) is 30.4 Å². The van der Waals surface area contributed by atoms with Crippen LogP contribution in [0.25, 0.3) is 0 Å². The second-order valence-electron chi connectivity index (χ2n) is 7.82. The number of amides is 1. The fraction of sp³-hybridized carbons (Fsp3) is 0.200. The molecule has 36 heavy (non-hydrogen) atoms. The summed E-state index contributed by atoms with van der Waals surface area (Å²) in [5, 5.41) is 5.54. The third-order valence-corrected chi connectivity index (χ3v) is 7.23. The quantitative estimate of drug-likeness (QED) is 0.237. The standard InChI is InChI=1S/C25H26BrN3O5S2/c1-16-4-6-20(14-17(16)2)29-36(31,32)21-9-7-19(8-10-21)27-25(35)28-24(30)22-15-18(26)5-11-23(22)34-13-12-33-3/h4-11,14-15,29H,12-13H2,1-3H3,(H2,27,28,30,35). The van der Waals surface area contributed by atoms with Crippen molar-refractivity contribution in [1.82, 2.24) is 5.32 Å². The highest BCUT2D eigenvalue weighted by Crippen LogP contribution is 2.24. The van der Waals surface area contributed by atoms with Gasteiger partial charge >= 0.3 is 0 Å². The molecule has 0 aromatic heterocycles. The van der Waals surface area contributed by atoms with Gasteiger partial charge in [0.25, 0.3) is 15.9 Å². The summed E-state index contributed by atoms with van der Waals surface area (Å²) in [5.74, 6) is -0.0700. The first-order valence-corrected chi connectivity index (χ1v) is 13.5. The summed E-state index contributed by atoms with van der Waals surface area (Å²) < 4.78 is 39.4. The fourth-order valence-corrected chi connectivity index (χ4v) is 4.73. The van der Waals surface area contributed by atoms with Crippen LogP contribution >= 0.6 is 28.1 Å². The number of nitrogens with one attached hydrogen (secondary N) is 3. The Morgan fingerprint density at radius 1 is 0.944 bits per heavy atom. The number of anilines is 2. The molecule has 0 bridgehead atoms. The summed E-state index contributed by atoms with van der Waals surface area (Å²) in [5.41, 5.74) is 3.36. The van der Waals surface area contributed by atoms with Gasteiger partial charge < -0.3 is 14.8 Å². The largest absolute Gasteiger partial charge is 0.490 e. The predicted octanol–water partition coefficient (Wildman–Crippen LogP) is 5.02. The van der Waals surface area contributed by atoms with Crippen molar-refractivity contribution in [2.24, 2.45) is 0 Å². The van der Waals surface area contributed by atoms with E-state index in [1.54, 1.807) is 49.6 Å². The van der Waals surface area contributed by atoms with E-state index in [9.17, 15) is 13.2 Å². The molecule has 3 aromatic rings. The molecule has 0 heterocycles. The van der Waals surface area contributed by atoms with Crippen molar-refractivity contribution in [3.63, 3.8) is 0 Å². The van der Waals surface area contributed by atoms with Crippen LogP contribution < -0.4 is 20.1 Å². The molecule has 1 amide bonds. The van der Waals surface area contributed by atoms with Gasteiger partial charge in [-0.1, -0.05) is 22.0 Å². The predicted molar refractivity (Wildman–Crippen MR) is 148 cm³/mol. The Hall–Kier alpha value is -2.99. The van der Waals surface area contributed by atoms with Crippen LogP contribution in [0.3, 0.4) is 0 Å². The highest BCUT2D eigenvalue weighted by atomic mass is 79.9. The molecule has 0 saturated heterocycles. The summed E-state index contributed by atoms with van der Waals surface area (Å²) in [4.78, 5) is 12.9. The minimum absolute atomic E-state index is 0.0479. The van der Waals surface area contributed by atoms with Crippen LogP contribution in [0.1, 0.15) is 21.5 Å². The van der Waals surface area contributed by atoms with Gasteiger partial charge in [0, 0.05) is 23.0 Å². The molecule has 190 valence electrons.